The highest BCUT2D eigenvalue weighted by molar-refractivity contribution is 7.99. The number of thioether (sulfide) groups is 1. The molecule has 4 nitrogen and oxygen atoms in total. The first-order valence-electron chi connectivity index (χ1n) is 7.07. The number of nitrogens with zero attached hydrogens (tertiary/aromatic N) is 3. The van der Waals surface area contributed by atoms with Gasteiger partial charge in [-0.05, 0) is 26.7 Å². The van der Waals surface area contributed by atoms with Gasteiger partial charge in [-0.3, -0.25) is 9.89 Å². The minimum atomic E-state index is 0.625. The first-order valence-corrected chi connectivity index (χ1v) is 8.22. The van der Waals surface area contributed by atoms with Crippen LogP contribution in [0.4, 0.5) is 0 Å². The van der Waals surface area contributed by atoms with E-state index in [1.807, 2.05) is 11.8 Å². The number of aliphatic imine (C=N–C) groups is 1. The van der Waals surface area contributed by atoms with E-state index in [4.69, 9.17) is 5.73 Å². The van der Waals surface area contributed by atoms with Crippen LogP contribution in [-0.2, 0) is 0 Å². The second-order valence-electron chi connectivity index (χ2n) is 5.40. The Labute approximate surface area is 115 Å². The van der Waals surface area contributed by atoms with Crippen molar-refractivity contribution in [3.05, 3.63) is 0 Å². The minimum Gasteiger partial charge on any atom is -0.370 e. The fourth-order valence-electron chi connectivity index (χ4n) is 2.44. The Hall–Kier alpha value is -0.420. The highest BCUT2D eigenvalue weighted by atomic mass is 32.2. The monoisotopic (exact) mass is 270 g/mol. The van der Waals surface area contributed by atoms with Crippen molar-refractivity contribution < 1.29 is 0 Å². The first-order chi connectivity index (χ1) is 8.68. The Morgan fingerprint density at radius 1 is 1.39 bits per heavy atom. The van der Waals surface area contributed by atoms with Crippen molar-refractivity contribution >= 4 is 17.7 Å². The van der Waals surface area contributed by atoms with Gasteiger partial charge in [0.25, 0.3) is 0 Å². The van der Waals surface area contributed by atoms with Crippen molar-refractivity contribution in [2.75, 3.05) is 37.7 Å². The molecule has 2 fully saturated rings. The van der Waals surface area contributed by atoms with Gasteiger partial charge in [0.2, 0.25) is 0 Å². The van der Waals surface area contributed by atoms with E-state index < -0.39 is 0 Å². The summed E-state index contributed by atoms with van der Waals surface area (Å²) in [5.74, 6) is 3.10. The number of hydrogen-bond donors (Lipinski definition) is 1. The molecule has 0 radical (unpaired) electrons. The van der Waals surface area contributed by atoms with Crippen molar-refractivity contribution in [1.29, 1.82) is 0 Å². The van der Waals surface area contributed by atoms with Gasteiger partial charge in [-0.1, -0.05) is 0 Å². The lowest BCUT2D eigenvalue weighted by Crippen LogP contribution is -2.43. The van der Waals surface area contributed by atoms with Crippen LogP contribution < -0.4 is 5.73 Å². The van der Waals surface area contributed by atoms with Crippen LogP contribution >= 0.6 is 11.8 Å². The Morgan fingerprint density at radius 3 is 2.61 bits per heavy atom. The fourth-order valence-corrected chi connectivity index (χ4v) is 3.34. The zero-order valence-electron chi connectivity index (χ0n) is 11.6. The number of nitrogens with two attached hydrogens (primary N) is 1. The molecular formula is C13H26N4S. The third-order valence-corrected chi connectivity index (χ3v) is 4.59. The molecule has 0 aromatic rings. The van der Waals surface area contributed by atoms with Gasteiger partial charge in [-0.15, -0.1) is 0 Å². The van der Waals surface area contributed by atoms with Crippen molar-refractivity contribution in [3.63, 3.8) is 0 Å². The van der Waals surface area contributed by atoms with Crippen LogP contribution in [0.15, 0.2) is 4.99 Å². The second kappa shape index (κ2) is 6.66. The van der Waals surface area contributed by atoms with Crippen LogP contribution in [0.2, 0.25) is 0 Å². The van der Waals surface area contributed by atoms with Gasteiger partial charge in [0.05, 0.1) is 6.54 Å². The number of hydrogen-bond acceptors (Lipinski definition) is 3. The standard InChI is InChI=1S/C13H26N4S/c1-11(2)17(12-3-4-12)6-5-15-13(14)16-7-9-18-10-8-16/h11-12H,3-10H2,1-2H3,(H2,14,15). The molecule has 2 aliphatic rings. The maximum atomic E-state index is 6.05. The topological polar surface area (TPSA) is 44.9 Å². The summed E-state index contributed by atoms with van der Waals surface area (Å²) in [4.78, 5) is 9.32. The molecule has 2 rings (SSSR count). The molecule has 2 N–H and O–H groups in total. The number of rotatable bonds is 5. The lowest BCUT2D eigenvalue weighted by molar-refractivity contribution is 0.217. The molecule has 1 aliphatic heterocycles. The van der Waals surface area contributed by atoms with Crippen LogP contribution in [0, 0.1) is 0 Å². The third kappa shape index (κ3) is 4.05. The molecular weight excluding hydrogens is 244 g/mol. The molecule has 1 aliphatic carbocycles. The zero-order valence-corrected chi connectivity index (χ0v) is 12.5. The Morgan fingerprint density at radius 2 is 2.06 bits per heavy atom. The Kier molecular flexibility index (Phi) is 5.18. The van der Waals surface area contributed by atoms with Gasteiger partial charge >= 0.3 is 0 Å². The fraction of sp³-hybridized carbons (Fsp3) is 0.923. The quantitative estimate of drug-likeness (QED) is 0.603. The summed E-state index contributed by atoms with van der Waals surface area (Å²) in [6.07, 6.45) is 2.72. The average molecular weight is 270 g/mol. The highest BCUT2D eigenvalue weighted by Gasteiger charge is 2.30. The van der Waals surface area contributed by atoms with E-state index in [-0.39, 0.29) is 0 Å². The maximum absolute atomic E-state index is 6.05. The highest BCUT2D eigenvalue weighted by Crippen LogP contribution is 2.28. The predicted molar refractivity (Wildman–Crippen MR) is 80.3 cm³/mol. The molecule has 1 heterocycles. The van der Waals surface area contributed by atoms with E-state index in [1.54, 1.807) is 0 Å². The molecule has 1 saturated heterocycles. The molecule has 5 heteroatoms. The molecule has 0 spiro atoms. The van der Waals surface area contributed by atoms with E-state index in [0.717, 1.165) is 38.2 Å². The molecule has 0 amide bonds. The molecule has 104 valence electrons. The van der Waals surface area contributed by atoms with E-state index >= 15 is 0 Å². The van der Waals surface area contributed by atoms with Gasteiger partial charge < -0.3 is 10.6 Å². The summed E-state index contributed by atoms with van der Waals surface area (Å²) in [5.41, 5.74) is 6.05. The molecule has 0 atom stereocenters. The Balaban J connectivity index is 1.74. The molecule has 0 bridgehead atoms. The molecule has 0 aromatic heterocycles. The van der Waals surface area contributed by atoms with E-state index in [9.17, 15) is 0 Å². The summed E-state index contributed by atoms with van der Waals surface area (Å²) in [5, 5.41) is 0. The minimum absolute atomic E-state index is 0.625. The second-order valence-corrected chi connectivity index (χ2v) is 6.63. The maximum Gasteiger partial charge on any atom is 0.191 e. The van der Waals surface area contributed by atoms with Crippen molar-refractivity contribution in [1.82, 2.24) is 9.80 Å². The smallest absolute Gasteiger partial charge is 0.191 e. The predicted octanol–water partition coefficient (Wildman–Crippen LogP) is 1.22. The van der Waals surface area contributed by atoms with Gasteiger partial charge in [-0.2, -0.15) is 11.8 Å². The van der Waals surface area contributed by atoms with Crippen LogP contribution in [0.25, 0.3) is 0 Å². The van der Waals surface area contributed by atoms with Gasteiger partial charge in [0.15, 0.2) is 5.96 Å². The largest absolute Gasteiger partial charge is 0.370 e. The van der Waals surface area contributed by atoms with E-state index in [2.05, 4.69) is 28.6 Å². The lowest BCUT2D eigenvalue weighted by Gasteiger charge is -2.28. The zero-order chi connectivity index (χ0) is 13.0. The van der Waals surface area contributed by atoms with Crippen LogP contribution in [0.3, 0.4) is 0 Å². The molecule has 0 unspecified atom stereocenters. The van der Waals surface area contributed by atoms with Crippen molar-refractivity contribution in [2.24, 2.45) is 10.7 Å². The SMILES string of the molecule is CC(C)N(CCN=C(N)N1CCSCC1)C1CC1. The Bertz CT molecular complexity index is 281. The molecule has 1 saturated carbocycles. The molecule has 18 heavy (non-hydrogen) atoms. The van der Waals surface area contributed by atoms with Gasteiger partial charge in [0.1, 0.15) is 0 Å². The summed E-state index contributed by atoms with van der Waals surface area (Å²) >= 11 is 2.00. The van der Waals surface area contributed by atoms with Gasteiger partial charge in [-0.25, -0.2) is 0 Å². The average Bonchev–Trinajstić information content (AvgIpc) is 3.19. The summed E-state index contributed by atoms with van der Waals surface area (Å²) in [6.45, 7) is 8.53. The van der Waals surface area contributed by atoms with Crippen LogP contribution in [0.1, 0.15) is 26.7 Å². The normalized spacial score (nSPS) is 22.0. The summed E-state index contributed by atoms with van der Waals surface area (Å²) in [7, 11) is 0. The first kappa shape index (κ1) is 14.0. The third-order valence-electron chi connectivity index (χ3n) is 3.65. The summed E-state index contributed by atoms with van der Waals surface area (Å²) in [6, 6.07) is 1.44. The van der Waals surface area contributed by atoms with Gasteiger partial charge in [0, 0.05) is 43.2 Å². The van der Waals surface area contributed by atoms with Crippen molar-refractivity contribution in [3.8, 4) is 0 Å². The van der Waals surface area contributed by atoms with E-state index in [0.29, 0.717) is 6.04 Å². The lowest BCUT2D eigenvalue weighted by atomic mass is 10.3. The van der Waals surface area contributed by atoms with Crippen molar-refractivity contribution in [2.45, 2.75) is 38.8 Å². The van der Waals surface area contributed by atoms with Crippen LogP contribution in [0.5, 0.6) is 0 Å². The van der Waals surface area contributed by atoms with E-state index in [1.165, 1.54) is 24.3 Å². The van der Waals surface area contributed by atoms with Crippen LogP contribution in [-0.4, -0.2) is 65.5 Å². The molecule has 0 aromatic carbocycles. The number of guanidine groups is 1. The summed E-state index contributed by atoms with van der Waals surface area (Å²) < 4.78 is 0.